The minimum Gasteiger partial charge on any atom is -0.495 e. The summed E-state index contributed by atoms with van der Waals surface area (Å²) < 4.78 is 19.9. The summed E-state index contributed by atoms with van der Waals surface area (Å²) in [6.45, 7) is 0. The van der Waals surface area contributed by atoms with Gasteiger partial charge in [0.15, 0.2) is 5.82 Å². The van der Waals surface area contributed by atoms with Crippen LogP contribution in [0.15, 0.2) is 30.6 Å². The van der Waals surface area contributed by atoms with Crippen molar-refractivity contribution in [3.05, 3.63) is 46.5 Å². The number of methoxy groups -OCH3 is 1. The lowest BCUT2D eigenvalue weighted by Crippen LogP contribution is -2.44. The molecule has 0 atom stereocenters. The third kappa shape index (κ3) is 3.53. The number of benzene rings is 2. The van der Waals surface area contributed by atoms with Crippen LogP contribution in [0.2, 0.25) is 10.0 Å². The predicted octanol–water partition coefficient (Wildman–Crippen LogP) is 4.73. The number of halogens is 3. The molecule has 0 bridgehead atoms. The number of hydrogen-bond acceptors (Lipinski definition) is 6. The fourth-order valence-electron chi connectivity index (χ4n) is 3.21. The van der Waals surface area contributed by atoms with Crippen LogP contribution < -0.4 is 21.1 Å². The van der Waals surface area contributed by atoms with Crippen molar-refractivity contribution in [3.8, 4) is 5.75 Å². The van der Waals surface area contributed by atoms with E-state index in [0.29, 0.717) is 22.5 Å². The number of rotatable bonds is 5. The molecule has 0 unspecified atom stereocenters. The Morgan fingerprint density at radius 2 is 1.96 bits per heavy atom. The number of hydrogen-bond donors (Lipinski definition) is 3. The molecule has 0 saturated heterocycles. The Hall–Kier alpha value is -2.35. The van der Waals surface area contributed by atoms with Crippen LogP contribution in [0.5, 0.6) is 5.75 Å². The Morgan fingerprint density at radius 1 is 1.18 bits per heavy atom. The lowest BCUT2D eigenvalue weighted by molar-refractivity contribution is 0.370. The molecule has 2 aromatic carbocycles. The summed E-state index contributed by atoms with van der Waals surface area (Å²) in [5, 5.41) is 7.13. The zero-order valence-corrected chi connectivity index (χ0v) is 16.5. The van der Waals surface area contributed by atoms with Crippen molar-refractivity contribution >= 4 is 51.3 Å². The second-order valence-electron chi connectivity index (χ2n) is 6.71. The van der Waals surface area contributed by atoms with E-state index in [1.807, 2.05) is 12.1 Å². The van der Waals surface area contributed by atoms with Gasteiger partial charge >= 0.3 is 0 Å². The highest BCUT2D eigenvalue weighted by Crippen LogP contribution is 2.36. The maximum absolute atomic E-state index is 14.4. The van der Waals surface area contributed by atoms with Gasteiger partial charge in [0.2, 0.25) is 0 Å². The summed E-state index contributed by atoms with van der Waals surface area (Å²) in [7, 11) is 1.60. The highest BCUT2D eigenvalue weighted by atomic mass is 35.5. The maximum atomic E-state index is 14.4. The van der Waals surface area contributed by atoms with Gasteiger partial charge in [-0.2, -0.15) is 0 Å². The summed E-state index contributed by atoms with van der Waals surface area (Å²) in [6.07, 6.45) is 3.19. The molecule has 1 saturated carbocycles. The lowest BCUT2D eigenvalue weighted by atomic mass is 9.87. The van der Waals surface area contributed by atoms with Crippen molar-refractivity contribution < 1.29 is 9.13 Å². The van der Waals surface area contributed by atoms with Crippen molar-refractivity contribution in [1.82, 2.24) is 9.97 Å². The molecule has 0 amide bonds. The van der Waals surface area contributed by atoms with Gasteiger partial charge in [-0.1, -0.05) is 23.2 Å². The number of nitrogens with two attached hydrogens (primary N) is 1. The van der Waals surface area contributed by atoms with E-state index in [0.717, 1.165) is 18.5 Å². The highest BCUT2D eigenvalue weighted by molar-refractivity contribution is 6.42. The maximum Gasteiger partial charge on any atom is 0.166 e. The average Bonchev–Trinajstić information content (AvgIpc) is 2.67. The molecule has 146 valence electrons. The van der Waals surface area contributed by atoms with Crippen LogP contribution in [0.4, 0.5) is 21.6 Å². The minimum atomic E-state index is -0.642. The van der Waals surface area contributed by atoms with E-state index < -0.39 is 5.82 Å². The average molecular weight is 422 g/mol. The van der Waals surface area contributed by atoms with E-state index in [2.05, 4.69) is 20.6 Å². The molecule has 3 aromatic rings. The number of anilines is 3. The summed E-state index contributed by atoms with van der Waals surface area (Å²) in [6, 6.07) is 7.24. The number of ether oxygens (including phenoxy) is 1. The Morgan fingerprint density at radius 3 is 2.68 bits per heavy atom. The van der Waals surface area contributed by atoms with Gasteiger partial charge in [-0.25, -0.2) is 14.4 Å². The van der Waals surface area contributed by atoms with Gasteiger partial charge in [-0.05, 0) is 31.0 Å². The molecule has 1 heterocycles. The quantitative estimate of drug-likeness (QED) is 0.516. The number of nitrogens with zero attached hydrogens (tertiary/aromatic N) is 2. The van der Waals surface area contributed by atoms with Gasteiger partial charge in [0.25, 0.3) is 0 Å². The number of aromatic nitrogens is 2. The molecular formula is C19H18Cl2FN5O. The van der Waals surface area contributed by atoms with Crippen molar-refractivity contribution in [2.24, 2.45) is 5.73 Å². The van der Waals surface area contributed by atoms with Crippen molar-refractivity contribution in [2.75, 3.05) is 17.7 Å². The first-order valence-electron chi connectivity index (χ1n) is 8.71. The largest absolute Gasteiger partial charge is 0.495 e. The molecule has 4 N–H and O–H groups in total. The smallest absolute Gasteiger partial charge is 0.166 e. The normalized spacial score (nSPS) is 18.6. The topological polar surface area (TPSA) is 85.1 Å². The lowest BCUT2D eigenvalue weighted by Gasteiger charge is -2.34. The SMILES string of the molecule is COc1cc2ncnc(Nc3ccc(Cl)c(Cl)c3F)c2cc1NC1CC(N)C1. The molecule has 6 nitrogen and oxygen atoms in total. The second-order valence-corrected chi connectivity index (χ2v) is 7.50. The van der Waals surface area contributed by atoms with Gasteiger partial charge in [-0.15, -0.1) is 0 Å². The summed E-state index contributed by atoms with van der Waals surface area (Å²) in [5.41, 5.74) is 7.51. The van der Waals surface area contributed by atoms with Gasteiger partial charge < -0.3 is 21.1 Å². The van der Waals surface area contributed by atoms with E-state index >= 15 is 0 Å². The fraction of sp³-hybridized carbons (Fsp3) is 0.263. The molecule has 28 heavy (non-hydrogen) atoms. The highest BCUT2D eigenvalue weighted by Gasteiger charge is 2.26. The molecule has 4 rings (SSSR count). The first kappa shape index (κ1) is 19.0. The standard InChI is InChI=1S/C19H18Cl2FN5O/c1-28-16-7-14-11(6-15(16)26-10-4-9(23)5-10)19(25-8-24-14)27-13-3-2-12(20)17(21)18(13)22/h2-3,6-10,26H,4-5,23H2,1H3,(H,24,25,27). The molecule has 1 fully saturated rings. The zero-order chi connectivity index (χ0) is 19.8. The van der Waals surface area contributed by atoms with Gasteiger partial charge in [0.05, 0.1) is 34.0 Å². The van der Waals surface area contributed by atoms with E-state index in [1.54, 1.807) is 7.11 Å². The summed E-state index contributed by atoms with van der Waals surface area (Å²) in [4.78, 5) is 8.56. The van der Waals surface area contributed by atoms with E-state index in [1.165, 1.54) is 18.5 Å². The molecular weight excluding hydrogens is 404 g/mol. The molecule has 1 aliphatic rings. The van der Waals surface area contributed by atoms with Crippen LogP contribution in [0.1, 0.15) is 12.8 Å². The second kappa shape index (κ2) is 7.58. The molecule has 0 spiro atoms. The van der Waals surface area contributed by atoms with Crippen LogP contribution >= 0.6 is 23.2 Å². The van der Waals surface area contributed by atoms with Crippen molar-refractivity contribution in [3.63, 3.8) is 0 Å². The molecule has 9 heteroatoms. The van der Waals surface area contributed by atoms with Crippen molar-refractivity contribution in [1.29, 1.82) is 0 Å². The van der Waals surface area contributed by atoms with Gasteiger partial charge in [0, 0.05) is 23.5 Å². The third-order valence-electron chi connectivity index (χ3n) is 4.78. The fourth-order valence-corrected chi connectivity index (χ4v) is 3.53. The number of fused-ring (bicyclic) bond motifs is 1. The molecule has 1 aliphatic carbocycles. The first-order valence-corrected chi connectivity index (χ1v) is 9.47. The van der Waals surface area contributed by atoms with E-state index in [4.69, 9.17) is 33.7 Å². The van der Waals surface area contributed by atoms with Crippen LogP contribution in [0, 0.1) is 5.82 Å². The summed E-state index contributed by atoms with van der Waals surface area (Å²) in [5.74, 6) is 0.466. The van der Waals surface area contributed by atoms with Gasteiger partial charge in [0.1, 0.15) is 17.9 Å². The first-order chi connectivity index (χ1) is 13.5. The van der Waals surface area contributed by atoms with E-state index in [-0.39, 0.29) is 27.8 Å². The third-order valence-corrected chi connectivity index (χ3v) is 5.56. The molecule has 1 aromatic heterocycles. The Balaban J connectivity index is 1.73. The van der Waals surface area contributed by atoms with Crippen LogP contribution in [-0.4, -0.2) is 29.2 Å². The van der Waals surface area contributed by atoms with Crippen molar-refractivity contribution in [2.45, 2.75) is 24.9 Å². The minimum absolute atomic E-state index is 0.143. The zero-order valence-electron chi connectivity index (χ0n) is 15.0. The molecule has 0 aliphatic heterocycles. The van der Waals surface area contributed by atoms with Crippen LogP contribution in [0.3, 0.4) is 0 Å². The van der Waals surface area contributed by atoms with Crippen LogP contribution in [-0.2, 0) is 0 Å². The number of nitrogens with one attached hydrogen (secondary N) is 2. The van der Waals surface area contributed by atoms with Gasteiger partial charge in [-0.3, -0.25) is 0 Å². The van der Waals surface area contributed by atoms with E-state index in [9.17, 15) is 4.39 Å². The Bertz CT molecular complexity index is 1040. The summed E-state index contributed by atoms with van der Waals surface area (Å²) >= 11 is 11.8. The predicted molar refractivity (Wildman–Crippen MR) is 110 cm³/mol. The van der Waals surface area contributed by atoms with Crippen LogP contribution in [0.25, 0.3) is 10.9 Å². The Kier molecular flexibility index (Phi) is 5.14. The monoisotopic (exact) mass is 421 g/mol. The Labute approximate surface area is 171 Å². The molecule has 0 radical (unpaired) electrons.